The minimum atomic E-state index is -4.92. The third kappa shape index (κ3) is 4.47. The van der Waals surface area contributed by atoms with Gasteiger partial charge in [0.15, 0.2) is 5.69 Å². The molecule has 2 aromatic heterocycles. The smallest absolute Gasteiger partial charge is 0.300 e. The highest BCUT2D eigenvalue weighted by Crippen LogP contribution is 2.34. The molecule has 2 heterocycles. The zero-order valence-corrected chi connectivity index (χ0v) is 14.4. The molecule has 13 heteroatoms. The van der Waals surface area contributed by atoms with E-state index in [2.05, 4.69) is 20.5 Å². The number of nitrogens with zero attached hydrogens (tertiary/aromatic N) is 4. The van der Waals surface area contributed by atoms with Crippen molar-refractivity contribution in [3.63, 3.8) is 0 Å². The van der Waals surface area contributed by atoms with Gasteiger partial charge in [0.05, 0.1) is 6.54 Å². The Morgan fingerprint density at radius 2 is 1.68 bits per heavy atom. The second kappa shape index (κ2) is 7.22. The largest absolute Gasteiger partial charge is 0.445 e. The van der Waals surface area contributed by atoms with Crippen LogP contribution in [0.1, 0.15) is 16.3 Å². The molecule has 0 saturated heterocycles. The van der Waals surface area contributed by atoms with E-state index in [1.165, 1.54) is 0 Å². The number of anilines is 2. The Kier molecular flexibility index (Phi) is 5.10. The van der Waals surface area contributed by atoms with Gasteiger partial charge in [0.25, 0.3) is 5.56 Å². The Hall–Kier alpha value is -2.96. The van der Waals surface area contributed by atoms with E-state index in [9.17, 15) is 31.1 Å². The van der Waals surface area contributed by atoms with E-state index in [1.807, 2.05) is 0 Å². The lowest BCUT2D eigenvalue weighted by molar-refractivity contribution is -0.141. The second-order valence-corrected chi connectivity index (χ2v) is 6.39. The molecule has 3 rings (SSSR count). The third-order valence-corrected chi connectivity index (χ3v) is 4.25. The molecule has 0 fully saturated rings. The van der Waals surface area contributed by atoms with Gasteiger partial charge in [-0.05, 0) is 5.56 Å². The highest BCUT2D eigenvalue weighted by atomic mass is 32.1. The fourth-order valence-electron chi connectivity index (χ4n) is 2.15. The molecule has 0 spiro atoms. The van der Waals surface area contributed by atoms with Gasteiger partial charge in [0.1, 0.15) is 0 Å². The molecular formula is C15H9F6N5OS. The summed E-state index contributed by atoms with van der Waals surface area (Å²) in [6.07, 6.45) is -9.68. The predicted octanol–water partition coefficient (Wildman–Crippen LogP) is 3.92. The van der Waals surface area contributed by atoms with Gasteiger partial charge in [-0.1, -0.05) is 41.7 Å². The van der Waals surface area contributed by atoms with Gasteiger partial charge in [-0.15, -0.1) is 10.2 Å². The molecule has 3 aromatic rings. The summed E-state index contributed by atoms with van der Waals surface area (Å²) in [5, 5.41) is 6.67. The summed E-state index contributed by atoms with van der Waals surface area (Å²) in [4.78, 5) is 15.6. The minimum Gasteiger partial charge on any atom is -0.300 e. The van der Waals surface area contributed by atoms with Crippen LogP contribution in [0.3, 0.4) is 0 Å². The zero-order chi connectivity index (χ0) is 20.5. The van der Waals surface area contributed by atoms with Gasteiger partial charge in [0.2, 0.25) is 16.1 Å². The van der Waals surface area contributed by atoms with Crippen LogP contribution in [0.5, 0.6) is 0 Å². The van der Waals surface area contributed by atoms with Crippen molar-refractivity contribution in [1.82, 2.24) is 19.7 Å². The van der Waals surface area contributed by atoms with Crippen LogP contribution in [-0.2, 0) is 18.9 Å². The molecule has 148 valence electrons. The lowest BCUT2D eigenvalue weighted by Crippen LogP contribution is -2.27. The number of hydrogen-bond acceptors (Lipinski definition) is 6. The molecule has 0 atom stereocenters. The maximum absolute atomic E-state index is 13.0. The molecule has 6 nitrogen and oxygen atoms in total. The number of hydrogen-bond donors (Lipinski definition) is 1. The lowest BCUT2D eigenvalue weighted by Gasteiger charge is -2.14. The average molecular weight is 421 g/mol. The van der Waals surface area contributed by atoms with E-state index < -0.39 is 39.7 Å². The fourth-order valence-corrected chi connectivity index (χ4v) is 2.75. The van der Waals surface area contributed by atoms with E-state index in [-0.39, 0.29) is 17.9 Å². The molecule has 28 heavy (non-hydrogen) atoms. The van der Waals surface area contributed by atoms with Crippen LogP contribution >= 0.6 is 11.3 Å². The predicted molar refractivity (Wildman–Crippen MR) is 87.2 cm³/mol. The van der Waals surface area contributed by atoms with Crippen LogP contribution in [0.25, 0.3) is 0 Å². The maximum Gasteiger partial charge on any atom is 0.445 e. The molecule has 0 unspecified atom stereocenters. The summed E-state index contributed by atoms with van der Waals surface area (Å²) in [5.74, 6) is -0.603. The van der Waals surface area contributed by atoms with E-state index in [1.54, 1.807) is 30.3 Å². The molecule has 0 aliphatic carbocycles. The van der Waals surface area contributed by atoms with Crippen LogP contribution in [0.4, 0.5) is 37.4 Å². The first kappa shape index (κ1) is 19.8. The van der Waals surface area contributed by atoms with Crippen LogP contribution in [0, 0.1) is 0 Å². The van der Waals surface area contributed by atoms with Gasteiger partial charge < -0.3 is 0 Å². The van der Waals surface area contributed by atoms with Crippen molar-refractivity contribution in [2.75, 3.05) is 5.32 Å². The first-order valence-electron chi connectivity index (χ1n) is 7.45. The Morgan fingerprint density at radius 1 is 1.00 bits per heavy atom. The topological polar surface area (TPSA) is 72.7 Å². The van der Waals surface area contributed by atoms with Gasteiger partial charge in [-0.3, -0.25) is 14.7 Å². The van der Waals surface area contributed by atoms with Crippen molar-refractivity contribution in [3.8, 4) is 0 Å². The number of nitrogens with one attached hydrogen (secondary N) is 1. The normalized spacial score (nSPS) is 12.2. The number of halogens is 6. The summed E-state index contributed by atoms with van der Waals surface area (Å²) in [6.45, 7) is -0.155. The maximum atomic E-state index is 13.0. The summed E-state index contributed by atoms with van der Waals surface area (Å²) >= 11 is 0.0739. The minimum absolute atomic E-state index is 0.0739. The second-order valence-electron chi connectivity index (χ2n) is 5.41. The Morgan fingerprint density at radius 3 is 2.25 bits per heavy atom. The molecule has 0 amide bonds. The molecule has 0 radical (unpaired) electrons. The third-order valence-electron chi connectivity index (χ3n) is 3.37. The van der Waals surface area contributed by atoms with E-state index in [0.29, 0.717) is 11.6 Å². The average Bonchev–Trinajstić information content (AvgIpc) is 3.06. The van der Waals surface area contributed by atoms with Crippen molar-refractivity contribution in [2.24, 2.45) is 0 Å². The lowest BCUT2D eigenvalue weighted by atomic mass is 10.2. The summed E-state index contributed by atoms with van der Waals surface area (Å²) in [6, 6.07) is 8.59. The van der Waals surface area contributed by atoms with Crippen LogP contribution < -0.4 is 10.9 Å². The summed E-state index contributed by atoms with van der Waals surface area (Å²) in [7, 11) is 0. The Bertz CT molecular complexity index is 1030. The first-order valence-corrected chi connectivity index (χ1v) is 8.26. The van der Waals surface area contributed by atoms with Gasteiger partial charge in [-0.25, -0.2) is 4.98 Å². The fraction of sp³-hybridized carbons (Fsp3) is 0.200. The highest BCUT2D eigenvalue weighted by molar-refractivity contribution is 7.15. The van der Waals surface area contributed by atoms with Gasteiger partial charge in [0, 0.05) is 6.07 Å². The number of benzene rings is 1. The van der Waals surface area contributed by atoms with Crippen molar-refractivity contribution >= 4 is 22.4 Å². The van der Waals surface area contributed by atoms with E-state index in [4.69, 9.17) is 0 Å². The number of rotatable bonds is 4. The van der Waals surface area contributed by atoms with Crippen LogP contribution in [0.2, 0.25) is 0 Å². The molecule has 1 N–H and O–H groups in total. The summed E-state index contributed by atoms with van der Waals surface area (Å²) in [5.41, 5.74) is -1.94. The van der Waals surface area contributed by atoms with E-state index >= 15 is 0 Å². The van der Waals surface area contributed by atoms with Crippen molar-refractivity contribution in [2.45, 2.75) is 18.9 Å². The molecule has 0 saturated carbocycles. The molecular weight excluding hydrogens is 412 g/mol. The van der Waals surface area contributed by atoms with Gasteiger partial charge >= 0.3 is 12.4 Å². The Labute approximate surface area is 156 Å². The number of aromatic nitrogens is 4. The number of alkyl halides is 6. The van der Waals surface area contributed by atoms with Gasteiger partial charge in [-0.2, -0.15) is 26.3 Å². The van der Waals surface area contributed by atoms with Crippen LogP contribution in [0.15, 0.2) is 41.2 Å². The van der Waals surface area contributed by atoms with Crippen molar-refractivity contribution in [3.05, 3.63) is 63.0 Å². The zero-order valence-electron chi connectivity index (χ0n) is 13.5. The standard InChI is InChI=1S/C15H9F6N5OS/c16-14(17,18)9-6-10(27)26(7-8-4-2-1-3-5-8)12(22-9)23-13-25-24-11(28-13)15(19,20)21/h1-6H,7H2,(H,22,23,25). The first-order chi connectivity index (χ1) is 13.0. The molecule has 0 aliphatic rings. The SMILES string of the molecule is O=c1cc(C(F)(F)F)nc(Nc2nnc(C(F)(F)F)s2)n1Cc1ccccc1. The van der Waals surface area contributed by atoms with Crippen molar-refractivity contribution < 1.29 is 26.3 Å². The molecule has 0 aliphatic heterocycles. The van der Waals surface area contributed by atoms with Crippen LogP contribution in [-0.4, -0.2) is 19.7 Å². The summed E-state index contributed by atoms with van der Waals surface area (Å²) < 4.78 is 77.8. The Balaban J connectivity index is 2.04. The molecule has 0 bridgehead atoms. The quantitative estimate of drug-likeness (QED) is 0.647. The molecule has 1 aromatic carbocycles. The highest BCUT2D eigenvalue weighted by Gasteiger charge is 2.36. The van der Waals surface area contributed by atoms with Crippen molar-refractivity contribution in [1.29, 1.82) is 0 Å². The monoisotopic (exact) mass is 421 g/mol. The van der Waals surface area contributed by atoms with E-state index in [0.717, 1.165) is 4.57 Å².